The second kappa shape index (κ2) is 7.85. The van der Waals surface area contributed by atoms with Gasteiger partial charge in [-0.3, -0.25) is 9.48 Å². The van der Waals surface area contributed by atoms with Crippen LogP contribution in [0, 0.1) is 0 Å². The Morgan fingerprint density at radius 3 is 2.63 bits per heavy atom. The number of aromatic nitrogens is 4. The minimum atomic E-state index is -2.77. The van der Waals surface area contributed by atoms with Gasteiger partial charge in [-0.05, 0) is 28.1 Å². The van der Waals surface area contributed by atoms with Gasteiger partial charge in [-0.15, -0.1) is 5.10 Å². The minimum Gasteiger partial charge on any atom is -0.471 e. The van der Waals surface area contributed by atoms with Crippen LogP contribution in [0.4, 0.5) is 17.6 Å². The van der Waals surface area contributed by atoms with Gasteiger partial charge in [-0.25, -0.2) is 17.6 Å². The molecule has 0 aliphatic carbocycles. The molecule has 2 heterocycles. The topological polar surface area (TPSA) is 72.8 Å². The number of ether oxygens (including phenoxy) is 1. The highest BCUT2D eigenvalue weighted by Crippen LogP contribution is 2.28. The van der Waals surface area contributed by atoms with Crippen molar-refractivity contribution in [3.8, 4) is 17.4 Å². The average Bonchev–Trinajstić information content (AvgIpc) is 2.96. The van der Waals surface area contributed by atoms with Gasteiger partial charge < -0.3 is 9.72 Å². The van der Waals surface area contributed by atoms with Crippen molar-refractivity contribution >= 4 is 38.4 Å². The lowest BCUT2D eigenvalue weighted by atomic mass is 10.2. The van der Waals surface area contributed by atoms with Gasteiger partial charge in [-0.2, -0.15) is 4.98 Å². The lowest BCUT2D eigenvalue weighted by molar-refractivity contribution is 0.0782. The summed E-state index contributed by atoms with van der Waals surface area (Å²) in [5.74, 6) is -0.362. The third kappa shape index (κ3) is 4.41. The van der Waals surface area contributed by atoms with E-state index in [1.165, 1.54) is 12.1 Å². The maximum Gasteiger partial charge on any atom is 0.281 e. The Morgan fingerprint density at radius 2 is 1.96 bits per heavy atom. The molecular weight excluding hydrogens is 460 g/mol. The summed E-state index contributed by atoms with van der Waals surface area (Å²) >= 11 is 9.17. The molecule has 0 bridgehead atoms. The Hall–Kier alpha value is -2.14. The number of nitrogens with zero attached hydrogens (tertiary/aromatic N) is 3. The molecule has 3 rings (SSSR count). The lowest BCUT2D eigenvalue weighted by Gasteiger charge is -2.08. The van der Waals surface area contributed by atoms with Crippen LogP contribution in [0.5, 0.6) is 5.88 Å². The van der Waals surface area contributed by atoms with E-state index in [1.807, 2.05) is 0 Å². The Morgan fingerprint density at radius 1 is 1.22 bits per heavy atom. The molecule has 0 spiro atoms. The van der Waals surface area contributed by atoms with Crippen LogP contribution < -0.4 is 10.3 Å². The van der Waals surface area contributed by atoms with E-state index < -0.39 is 31.6 Å². The normalized spacial score (nSPS) is 11.7. The monoisotopic (exact) mass is 468 g/mol. The lowest BCUT2D eigenvalue weighted by Crippen LogP contribution is -2.14. The molecule has 2 aromatic heterocycles. The van der Waals surface area contributed by atoms with E-state index in [9.17, 15) is 22.4 Å². The fourth-order valence-electron chi connectivity index (χ4n) is 2.37. The van der Waals surface area contributed by atoms with E-state index in [2.05, 4.69) is 31.0 Å². The summed E-state index contributed by atoms with van der Waals surface area (Å²) in [6.07, 6.45) is -5.53. The Labute approximate surface area is 162 Å². The fraction of sp³-hybridized carbons (Fsp3) is 0.267. The summed E-state index contributed by atoms with van der Waals surface area (Å²) in [4.78, 5) is 19.0. The quantitative estimate of drug-likeness (QED) is 0.552. The summed E-state index contributed by atoms with van der Waals surface area (Å²) in [5, 5.41) is 4.22. The second-order valence-corrected chi connectivity index (χ2v) is 6.63. The Balaban J connectivity index is 2.12. The van der Waals surface area contributed by atoms with E-state index in [0.717, 1.165) is 10.7 Å². The molecular formula is C15H10BrClF4N4O2. The van der Waals surface area contributed by atoms with Crippen LogP contribution in [0.25, 0.3) is 22.4 Å². The Kier molecular flexibility index (Phi) is 5.70. The molecule has 1 aromatic carbocycles. The van der Waals surface area contributed by atoms with Crippen LogP contribution in [0.1, 0.15) is 0 Å². The zero-order chi connectivity index (χ0) is 19.7. The molecule has 12 heteroatoms. The van der Waals surface area contributed by atoms with Crippen molar-refractivity contribution < 1.29 is 22.3 Å². The number of hydrogen-bond donors (Lipinski definition) is 1. The molecule has 0 radical (unpaired) electrons. The molecule has 27 heavy (non-hydrogen) atoms. The molecule has 0 aliphatic heterocycles. The van der Waals surface area contributed by atoms with Crippen molar-refractivity contribution in [2.75, 3.05) is 6.61 Å². The second-order valence-electron chi connectivity index (χ2n) is 5.34. The predicted octanol–water partition coefficient (Wildman–Crippen LogP) is 4.11. The molecule has 0 aliphatic rings. The number of benzene rings is 1. The highest BCUT2D eigenvalue weighted by atomic mass is 79.9. The summed E-state index contributed by atoms with van der Waals surface area (Å²) in [5.41, 5.74) is -0.323. The molecule has 6 nitrogen and oxygen atoms in total. The number of halogens is 6. The number of fused-ring (bicyclic) bond motifs is 1. The number of aromatic amines is 1. The van der Waals surface area contributed by atoms with Crippen LogP contribution in [0.2, 0.25) is 5.02 Å². The standard InChI is InChI=1S/C15H10BrClF4N4O2/c16-8-2-6(17)1-7-13(8)22-14(23-15(7)26)9-3-12(27-5-11(20)21)24-25(9)4-10(18)19/h1-3,10-11H,4-5H2,(H,22,23,26). The van der Waals surface area contributed by atoms with Crippen molar-refractivity contribution in [2.45, 2.75) is 19.4 Å². The van der Waals surface area contributed by atoms with Crippen LogP contribution in [-0.2, 0) is 6.54 Å². The van der Waals surface area contributed by atoms with Gasteiger partial charge in [0.05, 0.1) is 10.9 Å². The van der Waals surface area contributed by atoms with Crippen LogP contribution in [-0.4, -0.2) is 39.2 Å². The molecule has 0 unspecified atom stereocenters. The van der Waals surface area contributed by atoms with Crippen LogP contribution in [0.15, 0.2) is 27.5 Å². The van der Waals surface area contributed by atoms with Gasteiger partial charge in [0, 0.05) is 15.6 Å². The van der Waals surface area contributed by atoms with Gasteiger partial charge in [0.25, 0.3) is 18.4 Å². The number of rotatable bonds is 6. The summed E-state index contributed by atoms with van der Waals surface area (Å²) in [7, 11) is 0. The highest BCUT2D eigenvalue weighted by molar-refractivity contribution is 9.10. The van der Waals surface area contributed by atoms with E-state index in [1.54, 1.807) is 0 Å². The summed E-state index contributed by atoms with van der Waals surface area (Å²) in [6, 6.07) is 4.10. The zero-order valence-corrected chi connectivity index (χ0v) is 15.6. The first-order chi connectivity index (χ1) is 12.7. The maximum atomic E-state index is 12.8. The van der Waals surface area contributed by atoms with Crippen molar-refractivity contribution in [1.29, 1.82) is 0 Å². The van der Waals surface area contributed by atoms with Gasteiger partial charge in [0.1, 0.15) is 12.2 Å². The van der Waals surface area contributed by atoms with E-state index in [0.29, 0.717) is 15.0 Å². The average molecular weight is 470 g/mol. The largest absolute Gasteiger partial charge is 0.471 e. The van der Waals surface area contributed by atoms with Gasteiger partial charge in [-0.1, -0.05) is 11.6 Å². The van der Waals surface area contributed by atoms with Crippen LogP contribution in [0.3, 0.4) is 0 Å². The molecule has 3 aromatic rings. The maximum absolute atomic E-state index is 12.8. The molecule has 0 amide bonds. The summed E-state index contributed by atoms with van der Waals surface area (Å²) < 4.78 is 56.4. The minimum absolute atomic E-state index is 0.0135. The number of H-pyrrole nitrogens is 1. The molecule has 0 fully saturated rings. The predicted molar refractivity (Wildman–Crippen MR) is 93.8 cm³/mol. The van der Waals surface area contributed by atoms with E-state index >= 15 is 0 Å². The van der Waals surface area contributed by atoms with Crippen molar-refractivity contribution in [3.63, 3.8) is 0 Å². The SMILES string of the molecule is O=c1nc(-c2cc(OCC(F)F)nn2CC(F)F)[nH]c2c(Br)cc(Cl)cc12. The molecule has 1 N–H and O–H groups in total. The first-order valence-electron chi connectivity index (χ1n) is 7.41. The third-order valence-corrected chi connectivity index (χ3v) is 4.25. The van der Waals surface area contributed by atoms with E-state index in [4.69, 9.17) is 16.3 Å². The number of alkyl halides is 4. The number of hydrogen-bond acceptors (Lipinski definition) is 4. The molecule has 144 valence electrons. The molecule has 0 saturated carbocycles. The van der Waals surface area contributed by atoms with Crippen LogP contribution >= 0.6 is 27.5 Å². The van der Waals surface area contributed by atoms with E-state index in [-0.39, 0.29) is 22.8 Å². The fourth-order valence-corrected chi connectivity index (χ4v) is 3.28. The van der Waals surface area contributed by atoms with Gasteiger partial charge in [0.15, 0.2) is 12.4 Å². The smallest absolute Gasteiger partial charge is 0.281 e. The molecule has 0 atom stereocenters. The van der Waals surface area contributed by atoms with Gasteiger partial charge in [0.2, 0.25) is 5.88 Å². The Bertz CT molecular complexity index is 1040. The highest BCUT2D eigenvalue weighted by Gasteiger charge is 2.19. The number of nitrogens with one attached hydrogen (secondary N) is 1. The van der Waals surface area contributed by atoms with Crippen molar-refractivity contribution in [2.24, 2.45) is 0 Å². The third-order valence-electron chi connectivity index (χ3n) is 3.41. The first-order valence-corrected chi connectivity index (χ1v) is 8.58. The van der Waals surface area contributed by atoms with Gasteiger partial charge >= 0.3 is 0 Å². The summed E-state index contributed by atoms with van der Waals surface area (Å²) in [6.45, 7) is -1.78. The zero-order valence-electron chi connectivity index (χ0n) is 13.2. The van der Waals surface area contributed by atoms with Crippen molar-refractivity contribution in [1.82, 2.24) is 19.7 Å². The first kappa shape index (κ1) is 19.6. The molecule has 0 saturated heterocycles. The van der Waals surface area contributed by atoms with Crippen molar-refractivity contribution in [3.05, 3.63) is 38.0 Å².